The van der Waals surface area contributed by atoms with E-state index in [1.165, 1.54) is 18.2 Å². The Morgan fingerprint density at radius 1 is 1.29 bits per heavy atom. The van der Waals surface area contributed by atoms with E-state index >= 15 is 0 Å². The van der Waals surface area contributed by atoms with Crippen molar-refractivity contribution < 1.29 is 9.18 Å². The summed E-state index contributed by atoms with van der Waals surface area (Å²) in [6, 6.07) is 11.1. The molecular formula is C16H12FN3O. The maximum atomic E-state index is 13.2. The summed E-state index contributed by atoms with van der Waals surface area (Å²) < 4.78 is 13.2. The molecule has 0 aliphatic carbocycles. The maximum absolute atomic E-state index is 13.2. The van der Waals surface area contributed by atoms with E-state index < -0.39 is 5.82 Å². The number of nitrogens with zero attached hydrogens (tertiary/aromatic N) is 1. The van der Waals surface area contributed by atoms with Gasteiger partial charge >= 0.3 is 0 Å². The van der Waals surface area contributed by atoms with E-state index in [0.29, 0.717) is 11.3 Å². The first-order valence-corrected chi connectivity index (χ1v) is 6.55. The molecule has 0 saturated heterocycles. The molecule has 1 aliphatic heterocycles. The third-order valence-electron chi connectivity index (χ3n) is 3.42. The quantitative estimate of drug-likeness (QED) is 0.889. The second-order valence-electron chi connectivity index (χ2n) is 4.81. The lowest BCUT2D eigenvalue weighted by Crippen LogP contribution is -2.12. The van der Waals surface area contributed by atoms with Crippen molar-refractivity contribution in [3.05, 3.63) is 58.9 Å². The summed E-state index contributed by atoms with van der Waals surface area (Å²) in [5, 5.41) is 14.7. The van der Waals surface area contributed by atoms with Crippen LogP contribution in [0.3, 0.4) is 0 Å². The van der Waals surface area contributed by atoms with Crippen LogP contribution in [0.25, 0.3) is 0 Å². The third-order valence-corrected chi connectivity index (χ3v) is 3.42. The second-order valence-corrected chi connectivity index (χ2v) is 4.81. The minimum absolute atomic E-state index is 0.0917. The first-order chi connectivity index (χ1) is 10.2. The van der Waals surface area contributed by atoms with Crippen LogP contribution in [0.1, 0.15) is 21.5 Å². The molecule has 2 aromatic carbocycles. The number of halogens is 1. The van der Waals surface area contributed by atoms with E-state index in [9.17, 15) is 9.18 Å². The molecule has 104 valence electrons. The predicted molar refractivity (Wildman–Crippen MR) is 77.7 cm³/mol. The highest BCUT2D eigenvalue weighted by atomic mass is 19.1. The van der Waals surface area contributed by atoms with Crippen LogP contribution in [0.5, 0.6) is 0 Å². The standard InChI is InChI=1S/C16H12FN3O/c17-14-3-2-13(8-12(14)9-18)20-16(21)11-1-4-15-10(7-11)5-6-19-15/h1-4,7-8,19H,5-6H2,(H,20,21). The lowest BCUT2D eigenvalue weighted by Gasteiger charge is -2.07. The van der Waals surface area contributed by atoms with Crippen molar-refractivity contribution >= 4 is 17.3 Å². The summed E-state index contributed by atoms with van der Waals surface area (Å²) in [6.07, 6.45) is 0.894. The Labute approximate surface area is 121 Å². The van der Waals surface area contributed by atoms with E-state index in [4.69, 9.17) is 5.26 Å². The lowest BCUT2D eigenvalue weighted by atomic mass is 10.1. The minimum atomic E-state index is -0.598. The van der Waals surface area contributed by atoms with Gasteiger partial charge in [0, 0.05) is 23.5 Å². The van der Waals surface area contributed by atoms with Gasteiger partial charge in [-0.15, -0.1) is 0 Å². The van der Waals surface area contributed by atoms with Crippen molar-refractivity contribution in [2.45, 2.75) is 6.42 Å². The Hall–Kier alpha value is -2.87. The number of nitriles is 1. The van der Waals surface area contributed by atoms with Gasteiger partial charge in [-0.3, -0.25) is 4.79 Å². The minimum Gasteiger partial charge on any atom is -0.384 e. The summed E-state index contributed by atoms with van der Waals surface area (Å²) in [5.74, 6) is -0.876. The average Bonchev–Trinajstić information content (AvgIpc) is 2.96. The van der Waals surface area contributed by atoms with Crippen LogP contribution in [0.2, 0.25) is 0 Å². The van der Waals surface area contributed by atoms with Crippen LogP contribution in [-0.4, -0.2) is 12.5 Å². The van der Waals surface area contributed by atoms with Crippen molar-refractivity contribution in [3.63, 3.8) is 0 Å². The van der Waals surface area contributed by atoms with E-state index in [1.807, 2.05) is 12.1 Å². The largest absolute Gasteiger partial charge is 0.384 e. The second kappa shape index (κ2) is 5.25. The molecule has 5 heteroatoms. The predicted octanol–water partition coefficient (Wildman–Crippen LogP) is 2.92. The van der Waals surface area contributed by atoms with E-state index in [2.05, 4.69) is 10.6 Å². The van der Waals surface area contributed by atoms with Crippen molar-refractivity contribution in [3.8, 4) is 6.07 Å². The number of nitrogens with one attached hydrogen (secondary N) is 2. The van der Waals surface area contributed by atoms with E-state index in [1.54, 1.807) is 12.1 Å². The molecule has 3 rings (SSSR count). The van der Waals surface area contributed by atoms with Crippen LogP contribution in [0.15, 0.2) is 36.4 Å². The van der Waals surface area contributed by atoms with Gasteiger partial charge in [0.05, 0.1) is 5.56 Å². The summed E-state index contributed by atoms with van der Waals surface area (Å²) >= 11 is 0. The molecular weight excluding hydrogens is 269 g/mol. The molecule has 1 aliphatic rings. The average molecular weight is 281 g/mol. The molecule has 4 nitrogen and oxygen atoms in total. The topological polar surface area (TPSA) is 64.9 Å². The Kier molecular flexibility index (Phi) is 3.28. The Bertz CT molecular complexity index is 765. The fraction of sp³-hybridized carbons (Fsp3) is 0.125. The van der Waals surface area contributed by atoms with Gasteiger partial charge in [0.25, 0.3) is 5.91 Å². The Morgan fingerprint density at radius 2 is 2.14 bits per heavy atom. The van der Waals surface area contributed by atoms with Crippen molar-refractivity contribution in [2.75, 3.05) is 17.2 Å². The van der Waals surface area contributed by atoms with Crippen molar-refractivity contribution in [1.82, 2.24) is 0 Å². The van der Waals surface area contributed by atoms with Gasteiger partial charge in [0.2, 0.25) is 0 Å². The molecule has 0 saturated carbocycles. The number of carbonyl (C=O) groups excluding carboxylic acids is 1. The fourth-order valence-corrected chi connectivity index (χ4v) is 2.34. The molecule has 21 heavy (non-hydrogen) atoms. The number of fused-ring (bicyclic) bond motifs is 1. The molecule has 1 amide bonds. The monoisotopic (exact) mass is 281 g/mol. The first-order valence-electron chi connectivity index (χ1n) is 6.55. The zero-order valence-corrected chi connectivity index (χ0v) is 11.1. The number of carbonyl (C=O) groups is 1. The molecule has 0 atom stereocenters. The molecule has 0 aromatic heterocycles. The molecule has 2 aromatic rings. The lowest BCUT2D eigenvalue weighted by molar-refractivity contribution is 0.102. The van der Waals surface area contributed by atoms with Gasteiger partial charge in [-0.2, -0.15) is 5.26 Å². The SMILES string of the molecule is N#Cc1cc(NC(=O)c2ccc3c(c2)CCN3)ccc1F. The van der Waals surface area contributed by atoms with Crippen LogP contribution < -0.4 is 10.6 Å². The van der Waals surface area contributed by atoms with Gasteiger partial charge in [-0.05, 0) is 48.4 Å². The summed E-state index contributed by atoms with van der Waals surface area (Å²) in [6.45, 7) is 0.879. The number of amides is 1. The van der Waals surface area contributed by atoms with E-state index in [0.717, 1.165) is 24.2 Å². The molecule has 0 bridgehead atoms. The zero-order chi connectivity index (χ0) is 14.8. The summed E-state index contributed by atoms with van der Waals surface area (Å²) in [7, 11) is 0. The molecule has 1 heterocycles. The fourth-order valence-electron chi connectivity index (χ4n) is 2.34. The van der Waals surface area contributed by atoms with Crippen LogP contribution in [0.4, 0.5) is 15.8 Å². The highest BCUT2D eigenvalue weighted by molar-refractivity contribution is 6.04. The smallest absolute Gasteiger partial charge is 0.255 e. The third kappa shape index (κ3) is 2.56. The summed E-state index contributed by atoms with van der Waals surface area (Å²) in [5.41, 5.74) is 3.02. The molecule has 0 unspecified atom stereocenters. The number of hydrogen-bond donors (Lipinski definition) is 2. The van der Waals surface area contributed by atoms with Crippen molar-refractivity contribution in [1.29, 1.82) is 5.26 Å². The first kappa shape index (κ1) is 13.1. The molecule has 0 radical (unpaired) electrons. The zero-order valence-electron chi connectivity index (χ0n) is 11.1. The molecule has 0 fully saturated rings. The van der Waals surface area contributed by atoms with Crippen molar-refractivity contribution in [2.24, 2.45) is 0 Å². The maximum Gasteiger partial charge on any atom is 0.255 e. The Balaban J connectivity index is 1.82. The highest BCUT2D eigenvalue weighted by Gasteiger charge is 2.14. The molecule has 2 N–H and O–H groups in total. The summed E-state index contributed by atoms with van der Waals surface area (Å²) in [4.78, 5) is 12.2. The molecule has 0 spiro atoms. The van der Waals surface area contributed by atoms with Crippen LogP contribution in [0, 0.1) is 17.1 Å². The van der Waals surface area contributed by atoms with Crippen LogP contribution >= 0.6 is 0 Å². The van der Waals surface area contributed by atoms with Gasteiger partial charge < -0.3 is 10.6 Å². The van der Waals surface area contributed by atoms with Gasteiger partial charge in [0.1, 0.15) is 11.9 Å². The van der Waals surface area contributed by atoms with Gasteiger partial charge in [0.15, 0.2) is 0 Å². The van der Waals surface area contributed by atoms with E-state index in [-0.39, 0.29) is 11.5 Å². The Morgan fingerprint density at radius 3 is 2.95 bits per heavy atom. The van der Waals surface area contributed by atoms with Crippen LogP contribution in [-0.2, 0) is 6.42 Å². The number of hydrogen-bond acceptors (Lipinski definition) is 3. The van der Waals surface area contributed by atoms with Gasteiger partial charge in [-0.1, -0.05) is 0 Å². The van der Waals surface area contributed by atoms with Gasteiger partial charge in [-0.25, -0.2) is 4.39 Å². The number of benzene rings is 2. The highest BCUT2D eigenvalue weighted by Crippen LogP contribution is 2.23. The number of anilines is 2. The normalized spacial score (nSPS) is 12.2. The number of rotatable bonds is 2.